The predicted octanol–water partition coefficient (Wildman–Crippen LogP) is 1.91. The maximum atomic E-state index is 12.2. The van der Waals surface area contributed by atoms with Gasteiger partial charge in [-0.2, -0.15) is 0 Å². The number of nitrogens with zero attached hydrogens (tertiary/aromatic N) is 2. The lowest BCUT2D eigenvalue weighted by Gasteiger charge is -2.36. The number of likely N-dealkylation sites (tertiary alicyclic amines) is 2. The van der Waals surface area contributed by atoms with Crippen LogP contribution in [-0.4, -0.2) is 55.1 Å². The zero-order valence-corrected chi connectivity index (χ0v) is 11.8. The smallest absolute Gasteiger partial charge is 0.317 e. The van der Waals surface area contributed by atoms with E-state index in [9.17, 15) is 4.79 Å². The van der Waals surface area contributed by atoms with E-state index in [0.29, 0.717) is 12.0 Å². The van der Waals surface area contributed by atoms with Crippen molar-refractivity contribution < 1.29 is 4.79 Å². The van der Waals surface area contributed by atoms with Crippen molar-refractivity contribution in [2.24, 2.45) is 5.92 Å². The Bertz CT molecular complexity index is 274. The summed E-state index contributed by atoms with van der Waals surface area (Å²) in [5, 5.41) is 3.25. The molecule has 104 valence electrons. The molecule has 2 saturated heterocycles. The molecule has 4 nitrogen and oxygen atoms in total. The van der Waals surface area contributed by atoms with E-state index in [4.69, 9.17) is 0 Å². The fraction of sp³-hybridized carbons (Fsp3) is 0.929. The number of carbonyl (C=O) groups is 1. The third-order valence-corrected chi connectivity index (χ3v) is 4.31. The minimum absolute atomic E-state index is 0.165. The molecule has 0 aromatic rings. The van der Waals surface area contributed by atoms with E-state index in [-0.39, 0.29) is 6.03 Å². The maximum absolute atomic E-state index is 12.2. The Labute approximate surface area is 111 Å². The molecule has 0 bridgehead atoms. The topological polar surface area (TPSA) is 35.6 Å². The molecule has 0 saturated carbocycles. The molecule has 0 aliphatic carbocycles. The summed E-state index contributed by atoms with van der Waals surface area (Å²) < 4.78 is 0. The van der Waals surface area contributed by atoms with Gasteiger partial charge in [0.2, 0.25) is 0 Å². The average Bonchev–Trinajstić information content (AvgIpc) is 2.61. The van der Waals surface area contributed by atoms with Crippen molar-refractivity contribution >= 4 is 6.03 Å². The minimum atomic E-state index is 0.165. The molecule has 0 spiro atoms. The van der Waals surface area contributed by atoms with Gasteiger partial charge in [-0.1, -0.05) is 19.8 Å². The molecule has 0 aromatic carbocycles. The second-order valence-electron chi connectivity index (χ2n) is 5.99. The Morgan fingerprint density at radius 2 is 1.78 bits per heavy atom. The van der Waals surface area contributed by atoms with Crippen molar-refractivity contribution in [1.82, 2.24) is 15.1 Å². The van der Waals surface area contributed by atoms with Crippen LogP contribution in [0, 0.1) is 5.92 Å². The summed E-state index contributed by atoms with van der Waals surface area (Å²) in [6.07, 6.45) is 5.95. The number of urea groups is 1. The molecule has 2 aliphatic rings. The van der Waals surface area contributed by atoms with Crippen molar-refractivity contribution in [2.75, 3.05) is 33.2 Å². The summed E-state index contributed by atoms with van der Waals surface area (Å²) in [4.78, 5) is 16.6. The van der Waals surface area contributed by atoms with Gasteiger partial charge in [0.25, 0.3) is 0 Å². The number of rotatable bonds is 1. The maximum Gasteiger partial charge on any atom is 0.317 e. The van der Waals surface area contributed by atoms with Crippen LogP contribution in [0.3, 0.4) is 0 Å². The van der Waals surface area contributed by atoms with Crippen molar-refractivity contribution in [3.63, 3.8) is 0 Å². The van der Waals surface area contributed by atoms with Gasteiger partial charge in [0.05, 0.1) is 0 Å². The van der Waals surface area contributed by atoms with E-state index in [1.807, 2.05) is 4.90 Å². The summed E-state index contributed by atoms with van der Waals surface area (Å²) >= 11 is 0. The summed E-state index contributed by atoms with van der Waals surface area (Å²) in [5.41, 5.74) is 0. The Morgan fingerprint density at radius 1 is 1.11 bits per heavy atom. The minimum Gasteiger partial charge on any atom is -0.335 e. The Balaban J connectivity index is 1.82. The molecular weight excluding hydrogens is 226 g/mol. The van der Waals surface area contributed by atoms with Gasteiger partial charge in [-0.25, -0.2) is 4.79 Å². The van der Waals surface area contributed by atoms with E-state index in [1.54, 1.807) is 0 Å². The highest BCUT2D eigenvalue weighted by atomic mass is 16.2. The molecule has 2 heterocycles. The largest absolute Gasteiger partial charge is 0.335 e. The fourth-order valence-corrected chi connectivity index (χ4v) is 3.09. The summed E-state index contributed by atoms with van der Waals surface area (Å²) in [7, 11) is 2.16. The van der Waals surface area contributed by atoms with Gasteiger partial charge in [0.15, 0.2) is 0 Å². The molecule has 2 amide bonds. The number of hydrogen-bond donors (Lipinski definition) is 1. The second kappa shape index (κ2) is 6.41. The molecular formula is C14H27N3O. The van der Waals surface area contributed by atoms with Crippen LogP contribution in [-0.2, 0) is 0 Å². The standard InChI is InChI=1S/C14H27N3O/c1-12-11-16(2)10-7-13(12)15-14(18)17-8-5-3-4-6-9-17/h12-13H,3-11H2,1-2H3,(H,15,18). The number of piperidine rings is 1. The van der Waals surface area contributed by atoms with Crippen LogP contribution in [0.25, 0.3) is 0 Å². The second-order valence-corrected chi connectivity index (χ2v) is 5.99. The molecule has 2 atom stereocenters. The lowest BCUT2D eigenvalue weighted by atomic mass is 9.94. The van der Waals surface area contributed by atoms with Crippen molar-refractivity contribution in [2.45, 2.75) is 45.1 Å². The van der Waals surface area contributed by atoms with Gasteiger partial charge in [-0.3, -0.25) is 0 Å². The zero-order chi connectivity index (χ0) is 13.0. The van der Waals surface area contributed by atoms with Gasteiger partial charge >= 0.3 is 6.03 Å². The van der Waals surface area contributed by atoms with E-state index in [0.717, 1.165) is 45.4 Å². The zero-order valence-electron chi connectivity index (χ0n) is 11.8. The Morgan fingerprint density at radius 3 is 2.39 bits per heavy atom. The van der Waals surface area contributed by atoms with Crippen LogP contribution in [0.5, 0.6) is 0 Å². The number of amides is 2. The third-order valence-electron chi connectivity index (χ3n) is 4.31. The van der Waals surface area contributed by atoms with Gasteiger partial charge in [-0.15, -0.1) is 0 Å². The first-order valence-electron chi connectivity index (χ1n) is 7.41. The van der Waals surface area contributed by atoms with E-state index >= 15 is 0 Å². The van der Waals surface area contributed by atoms with E-state index < -0.39 is 0 Å². The lowest BCUT2D eigenvalue weighted by Crippen LogP contribution is -2.52. The third kappa shape index (κ3) is 3.61. The predicted molar refractivity (Wildman–Crippen MR) is 73.6 cm³/mol. The number of hydrogen-bond acceptors (Lipinski definition) is 2. The van der Waals surface area contributed by atoms with Crippen molar-refractivity contribution in [3.8, 4) is 0 Å². The Kier molecular flexibility index (Phi) is 4.87. The quantitative estimate of drug-likeness (QED) is 0.775. The Hall–Kier alpha value is -0.770. The van der Waals surface area contributed by atoms with Crippen LogP contribution in [0.1, 0.15) is 39.0 Å². The van der Waals surface area contributed by atoms with Gasteiger partial charge in [0.1, 0.15) is 0 Å². The summed E-state index contributed by atoms with van der Waals surface area (Å²) in [6, 6.07) is 0.523. The molecule has 1 N–H and O–H groups in total. The summed E-state index contributed by atoms with van der Waals surface area (Å²) in [6.45, 7) is 6.29. The molecule has 0 aromatic heterocycles. The molecule has 2 rings (SSSR count). The molecule has 0 radical (unpaired) electrons. The van der Waals surface area contributed by atoms with E-state index in [2.05, 4.69) is 24.2 Å². The lowest BCUT2D eigenvalue weighted by molar-refractivity contribution is 0.157. The van der Waals surface area contributed by atoms with Gasteiger partial charge < -0.3 is 15.1 Å². The van der Waals surface area contributed by atoms with Crippen LogP contribution >= 0.6 is 0 Å². The van der Waals surface area contributed by atoms with Gasteiger partial charge in [-0.05, 0) is 38.8 Å². The number of nitrogens with one attached hydrogen (secondary N) is 1. The van der Waals surface area contributed by atoms with Crippen LogP contribution in [0.2, 0.25) is 0 Å². The first-order chi connectivity index (χ1) is 8.66. The van der Waals surface area contributed by atoms with Crippen LogP contribution < -0.4 is 5.32 Å². The monoisotopic (exact) mass is 253 g/mol. The summed E-state index contributed by atoms with van der Waals surface area (Å²) in [5.74, 6) is 0.555. The SMILES string of the molecule is CC1CN(C)CCC1NC(=O)N1CCCCCC1. The number of carbonyl (C=O) groups excluding carboxylic acids is 1. The van der Waals surface area contributed by atoms with Crippen molar-refractivity contribution in [1.29, 1.82) is 0 Å². The molecule has 2 aliphatic heterocycles. The highest BCUT2D eigenvalue weighted by Crippen LogP contribution is 2.16. The molecule has 18 heavy (non-hydrogen) atoms. The van der Waals surface area contributed by atoms with Crippen molar-refractivity contribution in [3.05, 3.63) is 0 Å². The average molecular weight is 253 g/mol. The molecule has 2 fully saturated rings. The first-order valence-corrected chi connectivity index (χ1v) is 7.41. The highest BCUT2D eigenvalue weighted by molar-refractivity contribution is 5.74. The normalized spacial score (nSPS) is 30.9. The first kappa shape index (κ1) is 13.7. The van der Waals surface area contributed by atoms with Crippen LogP contribution in [0.15, 0.2) is 0 Å². The fourth-order valence-electron chi connectivity index (χ4n) is 3.09. The molecule has 4 heteroatoms. The van der Waals surface area contributed by atoms with Crippen LogP contribution in [0.4, 0.5) is 4.79 Å². The van der Waals surface area contributed by atoms with Gasteiger partial charge in [0, 0.05) is 25.7 Å². The highest BCUT2D eigenvalue weighted by Gasteiger charge is 2.27. The molecule has 2 unspecified atom stereocenters. The van der Waals surface area contributed by atoms with E-state index in [1.165, 1.54) is 12.8 Å².